The fourth-order valence-electron chi connectivity index (χ4n) is 4.44. The molecule has 0 atom stereocenters. The van der Waals surface area contributed by atoms with Gasteiger partial charge >= 0.3 is 0 Å². The lowest BCUT2D eigenvalue weighted by Gasteiger charge is -2.20. The zero-order valence-electron chi connectivity index (χ0n) is 20.4. The van der Waals surface area contributed by atoms with E-state index in [-0.39, 0.29) is 11.8 Å². The highest BCUT2D eigenvalue weighted by molar-refractivity contribution is 5.78. The first-order valence-electron chi connectivity index (χ1n) is 12.1. The summed E-state index contributed by atoms with van der Waals surface area (Å²) in [6.07, 6.45) is 8.99. The first kappa shape index (κ1) is 23.5. The van der Waals surface area contributed by atoms with E-state index in [0.717, 1.165) is 42.6 Å². The normalized spacial score (nSPS) is 13.9. The van der Waals surface area contributed by atoms with E-state index in [1.165, 1.54) is 6.42 Å². The molecule has 0 unspecified atom stereocenters. The number of hydrogen-bond acceptors (Lipinski definition) is 8. The van der Waals surface area contributed by atoms with E-state index < -0.39 is 0 Å². The smallest absolute Gasteiger partial charge is 0.256 e. The number of ether oxygens (including phenoxy) is 2. The summed E-state index contributed by atoms with van der Waals surface area (Å²) in [7, 11) is 3.12. The Balaban J connectivity index is 1.28. The average molecular weight is 488 g/mol. The van der Waals surface area contributed by atoms with Gasteiger partial charge in [0.25, 0.3) is 5.88 Å². The van der Waals surface area contributed by atoms with Gasteiger partial charge in [0, 0.05) is 29.9 Å². The van der Waals surface area contributed by atoms with Gasteiger partial charge in [-0.2, -0.15) is 0 Å². The summed E-state index contributed by atoms with van der Waals surface area (Å²) >= 11 is 0. The molecular weight excluding hydrogens is 458 g/mol. The van der Waals surface area contributed by atoms with E-state index in [1.54, 1.807) is 24.9 Å². The van der Waals surface area contributed by atoms with Crippen LogP contribution in [-0.4, -0.2) is 44.7 Å². The van der Waals surface area contributed by atoms with Crippen LogP contribution in [0.3, 0.4) is 0 Å². The second kappa shape index (κ2) is 10.6. The van der Waals surface area contributed by atoms with Crippen molar-refractivity contribution in [2.24, 2.45) is 5.92 Å². The number of fused-ring (bicyclic) bond motifs is 1. The average Bonchev–Trinajstić information content (AvgIpc) is 3.33. The van der Waals surface area contributed by atoms with E-state index in [9.17, 15) is 4.79 Å². The van der Waals surface area contributed by atoms with Gasteiger partial charge in [0.2, 0.25) is 5.91 Å². The quantitative estimate of drug-likeness (QED) is 0.381. The first-order chi connectivity index (χ1) is 17.6. The monoisotopic (exact) mass is 487 g/mol. The van der Waals surface area contributed by atoms with Crippen LogP contribution >= 0.6 is 0 Å². The fraction of sp³-hybridized carbons (Fsp3) is 0.346. The second-order valence-electron chi connectivity index (χ2n) is 8.77. The van der Waals surface area contributed by atoms with Crippen molar-refractivity contribution in [3.05, 3.63) is 54.5 Å². The lowest BCUT2D eigenvalue weighted by atomic mass is 9.89. The number of methoxy groups -OCH3 is 2. The molecule has 10 nitrogen and oxygen atoms in total. The molecule has 2 N–H and O–H groups in total. The highest BCUT2D eigenvalue weighted by atomic mass is 16.5. The van der Waals surface area contributed by atoms with Crippen molar-refractivity contribution in [2.45, 2.75) is 38.6 Å². The molecule has 0 spiro atoms. The number of nitrogens with zero attached hydrogens (tertiary/aromatic N) is 5. The Kier molecular flexibility index (Phi) is 6.92. The van der Waals surface area contributed by atoms with Crippen LogP contribution in [0.25, 0.3) is 16.9 Å². The topological polar surface area (TPSA) is 116 Å². The molecule has 0 radical (unpaired) electrons. The lowest BCUT2D eigenvalue weighted by molar-refractivity contribution is -0.126. The maximum atomic E-state index is 12.5. The van der Waals surface area contributed by atoms with Gasteiger partial charge in [0.05, 0.1) is 32.2 Å². The molecule has 5 rings (SSSR count). The molecule has 1 amide bonds. The lowest BCUT2D eigenvalue weighted by Crippen LogP contribution is -2.31. The molecule has 1 saturated carbocycles. The minimum Gasteiger partial charge on any atom is -0.491 e. The molecular formula is C26H29N7O3. The number of nitrogens with one attached hydrogen (secondary N) is 2. The summed E-state index contributed by atoms with van der Waals surface area (Å²) in [5.41, 5.74) is 2.99. The number of carbonyl (C=O) groups is 1. The van der Waals surface area contributed by atoms with Crippen molar-refractivity contribution in [2.75, 3.05) is 19.5 Å². The van der Waals surface area contributed by atoms with Crippen molar-refractivity contribution in [3.63, 3.8) is 0 Å². The number of amides is 1. The summed E-state index contributed by atoms with van der Waals surface area (Å²) < 4.78 is 12.3. The second-order valence-corrected chi connectivity index (χ2v) is 8.77. The van der Waals surface area contributed by atoms with Gasteiger partial charge in [0.1, 0.15) is 5.82 Å². The van der Waals surface area contributed by atoms with Crippen molar-refractivity contribution >= 4 is 23.2 Å². The Hall–Kier alpha value is -4.21. The van der Waals surface area contributed by atoms with Gasteiger partial charge in [0.15, 0.2) is 17.2 Å². The number of pyridine rings is 2. The molecule has 36 heavy (non-hydrogen) atoms. The van der Waals surface area contributed by atoms with Crippen LogP contribution in [0.2, 0.25) is 0 Å². The Labute approximate surface area is 209 Å². The number of rotatable bonds is 8. The van der Waals surface area contributed by atoms with Gasteiger partial charge in [-0.3, -0.25) is 4.79 Å². The van der Waals surface area contributed by atoms with Crippen LogP contribution < -0.4 is 20.1 Å². The third kappa shape index (κ3) is 5.22. The number of carbonyl (C=O) groups excluding carboxylic acids is 1. The van der Waals surface area contributed by atoms with Gasteiger partial charge in [-0.15, -0.1) is 5.10 Å². The molecule has 0 saturated heterocycles. The van der Waals surface area contributed by atoms with E-state index >= 15 is 0 Å². The molecule has 10 heteroatoms. The molecule has 0 aliphatic heterocycles. The Morgan fingerprint density at radius 3 is 2.72 bits per heavy atom. The van der Waals surface area contributed by atoms with Gasteiger partial charge in [-0.1, -0.05) is 25.3 Å². The zero-order valence-corrected chi connectivity index (χ0v) is 20.4. The molecule has 4 aromatic heterocycles. The number of aromatic nitrogens is 5. The van der Waals surface area contributed by atoms with Gasteiger partial charge < -0.3 is 20.1 Å². The van der Waals surface area contributed by atoms with Crippen molar-refractivity contribution in [1.29, 1.82) is 0 Å². The Morgan fingerprint density at radius 1 is 1.06 bits per heavy atom. The van der Waals surface area contributed by atoms with Crippen LogP contribution in [-0.2, 0) is 11.3 Å². The molecule has 1 aliphatic rings. The molecule has 0 aromatic carbocycles. The van der Waals surface area contributed by atoms with E-state index in [1.807, 2.05) is 42.6 Å². The van der Waals surface area contributed by atoms with Crippen LogP contribution in [0.4, 0.5) is 11.6 Å². The molecule has 4 heterocycles. The maximum absolute atomic E-state index is 12.5. The van der Waals surface area contributed by atoms with Crippen LogP contribution in [0.5, 0.6) is 11.6 Å². The van der Waals surface area contributed by atoms with Gasteiger partial charge in [-0.25, -0.2) is 19.5 Å². The van der Waals surface area contributed by atoms with Crippen LogP contribution in [0, 0.1) is 5.92 Å². The third-order valence-corrected chi connectivity index (χ3v) is 6.33. The predicted octanol–water partition coefficient (Wildman–Crippen LogP) is 4.14. The third-order valence-electron chi connectivity index (χ3n) is 6.33. The van der Waals surface area contributed by atoms with Crippen molar-refractivity contribution < 1.29 is 14.3 Å². The minimum atomic E-state index is 0.127. The summed E-state index contributed by atoms with van der Waals surface area (Å²) in [5.74, 6) is 2.47. The molecule has 4 aromatic rings. The maximum Gasteiger partial charge on any atom is 0.256 e. The number of anilines is 2. The Morgan fingerprint density at radius 2 is 1.92 bits per heavy atom. The Bertz CT molecular complexity index is 1360. The van der Waals surface area contributed by atoms with Gasteiger partial charge in [-0.05, 0) is 37.1 Å². The zero-order chi connectivity index (χ0) is 24.9. The molecule has 0 bridgehead atoms. The molecule has 1 aliphatic carbocycles. The molecule has 1 fully saturated rings. The minimum absolute atomic E-state index is 0.127. The van der Waals surface area contributed by atoms with Crippen molar-refractivity contribution in [1.82, 2.24) is 29.9 Å². The largest absolute Gasteiger partial charge is 0.491 e. The fourth-order valence-corrected chi connectivity index (χ4v) is 4.44. The predicted molar refractivity (Wildman–Crippen MR) is 135 cm³/mol. The van der Waals surface area contributed by atoms with Crippen LogP contribution in [0.1, 0.15) is 37.8 Å². The first-order valence-corrected chi connectivity index (χ1v) is 12.1. The summed E-state index contributed by atoms with van der Waals surface area (Å²) in [4.78, 5) is 26.1. The molecule has 186 valence electrons. The SMILES string of the molecule is COc1cc(-c2ccn3nc(Nc4cccc(CNC(=O)C5CCCCC5)n4)cc3n2)cnc1OC. The standard InChI is InChI=1S/C26H29N7O3/c1-35-21-13-18(15-28-26(21)36-2)20-11-12-33-24(30-20)14-23(32-33)31-22-10-6-9-19(29-22)16-27-25(34)17-7-4-3-5-8-17/h6,9-15,17H,3-5,7-8,16H2,1-2H3,(H,27,34)(H,29,31,32). The summed E-state index contributed by atoms with van der Waals surface area (Å²) in [5, 5.41) is 10.8. The van der Waals surface area contributed by atoms with E-state index in [4.69, 9.17) is 14.5 Å². The highest BCUT2D eigenvalue weighted by Crippen LogP contribution is 2.29. The summed E-state index contributed by atoms with van der Waals surface area (Å²) in [6, 6.07) is 11.2. The van der Waals surface area contributed by atoms with E-state index in [0.29, 0.717) is 35.5 Å². The van der Waals surface area contributed by atoms with Crippen LogP contribution in [0.15, 0.2) is 48.8 Å². The highest BCUT2D eigenvalue weighted by Gasteiger charge is 2.20. The van der Waals surface area contributed by atoms with Crippen molar-refractivity contribution in [3.8, 4) is 22.9 Å². The van der Waals surface area contributed by atoms with E-state index in [2.05, 4.69) is 25.7 Å². The summed E-state index contributed by atoms with van der Waals surface area (Å²) in [6.45, 7) is 0.403. The number of hydrogen-bond donors (Lipinski definition) is 2.